The predicted octanol–water partition coefficient (Wildman–Crippen LogP) is 4.55. The van der Waals surface area contributed by atoms with E-state index in [1.165, 1.54) is 11.1 Å². The Bertz CT molecular complexity index is 957. The summed E-state index contributed by atoms with van der Waals surface area (Å²) in [5.41, 5.74) is 3.45. The average Bonchev–Trinajstić information content (AvgIpc) is 3.25. The summed E-state index contributed by atoms with van der Waals surface area (Å²) in [5, 5.41) is 6.55. The molecule has 3 aromatic rings. The van der Waals surface area contributed by atoms with Crippen LogP contribution in [0, 0.1) is 0 Å². The Morgan fingerprint density at radius 3 is 2.13 bits per heavy atom. The molecule has 0 aliphatic heterocycles. The lowest BCUT2D eigenvalue weighted by atomic mass is 9.94. The molecular formula is C25H32N4O2. The van der Waals surface area contributed by atoms with Crippen molar-refractivity contribution in [2.24, 2.45) is 4.99 Å². The van der Waals surface area contributed by atoms with Crippen LogP contribution in [-0.2, 0) is 36.5 Å². The molecule has 1 aromatic heterocycles. The molecule has 0 fully saturated rings. The standard InChI is InChI=1S/C25H32N4O2/c1-25(2,3)22-15-27-23(31-22)16-29-24(26-4)28-14-19-10-12-21(13-11-19)18-30-17-20-8-6-5-7-9-20/h5-13,15H,14,16-18H2,1-4H3,(H2,26,28,29). The smallest absolute Gasteiger partial charge is 0.213 e. The lowest BCUT2D eigenvalue weighted by Gasteiger charge is -2.13. The summed E-state index contributed by atoms with van der Waals surface area (Å²) in [6.07, 6.45) is 1.79. The third-order valence-corrected chi connectivity index (χ3v) is 4.79. The second-order valence-corrected chi connectivity index (χ2v) is 8.44. The normalized spacial score (nSPS) is 12.1. The summed E-state index contributed by atoms with van der Waals surface area (Å²) in [4.78, 5) is 8.60. The van der Waals surface area contributed by atoms with Gasteiger partial charge in [-0.3, -0.25) is 4.99 Å². The third-order valence-electron chi connectivity index (χ3n) is 4.79. The Morgan fingerprint density at radius 1 is 0.903 bits per heavy atom. The molecule has 0 atom stereocenters. The quantitative estimate of drug-likeness (QED) is 0.413. The van der Waals surface area contributed by atoms with Crippen molar-refractivity contribution in [1.29, 1.82) is 0 Å². The Hall–Kier alpha value is -3.12. The van der Waals surface area contributed by atoms with E-state index in [-0.39, 0.29) is 5.41 Å². The molecule has 1 heterocycles. The van der Waals surface area contributed by atoms with Crippen molar-refractivity contribution in [3.63, 3.8) is 0 Å². The van der Waals surface area contributed by atoms with Crippen LogP contribution < -0.4 is 10.6 Å². The van der Waals surface area contributed by atoms with E-state index < -0.39 is 0 Å². The Balaban J connectivity index is 1.41. The van der Waals surface area contributed by atoms with Crippen LogP contribution in [0.15, 0.2) is 70.2 Å². The first-order valence-corrected chi connectivity index (χ1v) is 10.5. The predicted molar refractivity (Wildman–Crippen MR) is 124 cm³/mol. The first-order valence-electron chi connectivity index (χ1n) is 10.5. The minimum absolute atomic E-state index is 0.0517. The minimum atomic E-state index is -0.0517. The minimum Gasteiger partial charge on any atom is -0.443 e. The molecule has 164 valence electrons. The molecule has 0 spiro atoms. The van der Waals surface area contributed by atoms with E-state index in [1.807, 2.05) is 18.2 Å². The maximum Gasteiger partial charge on any atom is 0.213 e. The highest BCUT2D eigenvalue weighted by atomic mass is 16.5. The van der Waals surface area contributed by atoms with E-state index in [2.05, 4.69) is 77.8 Å². The molecule has 0 radical (unpaired) electrons. The van der Waals surface area contributed by atoms with Crippen molar-refractivity contribution < 1.29 is 9.15 Å². The number of nitrogens with zero attached hydrogens (tertiary/aromatic N) is 2. The number of hydrogen-bond donors (Lipinski definition) is 2. The number of guanidine groups is 1. The fourth-order valence-electron chi connectivity index (χ4n) is 2.92. The number of aromatic nitrogens is 1. The highest BCUT2D eigenvalue weighted by molar-refractivity contribution is 5.79. The van der Waals surface area contributed by atoms with Gasteiger partial charge in [0.1, 0.15) is 5.76 Å². The van der Waals surface area contributed by atoms with Gasteiger partial charge in [0, 0.05) is 19.0 Å². The van der Waals surface area contributed by atoms with Crippen molar-refractivity contribution in [1.82, 2.24) is 15.6 Å². The van der Waals surface area contributed by atoms with Crippen molar-refractivity contribution >= 4 is 5.96 Å². The van der Waals surface area contributed by atoms with Crippen LogP contribution in [0.5, 0.6) is 0 Å². The molecule has 3 rings (SSSR count). The van der Waals surface area contributed by atoms with Crippen LogP contribution >= 0.6 is 0 Å². The van der Waals surface area contributed by atoms with E-state index in [0.29, 0.717) is 38.2 Å². The van der Waals surface area contributed by atoms with E-state index in [1.54, 1.807) is 13.2 Å². The van der Waals surface area contributed by atoms with Gasteiger partial charge >= 0.3 is 0 Å². The molecule has 0 aliphatic rings. The van der Waals surface area contributed by atoms with Crippen molar-refractivity contribution in [3.8, 4) is 0 Å². The zero-order valence-electron chi connectivity index (χ0n) is 18.8. The van der Waals surface area contributed by atoms with Crippen molar-refractivity contribution in [2.45, 2.75) is 52.5 Å². The van der Waals surface area contributed by atoms with Gasteiger partial charge in [0.05, 0.1) is 26.0 Å². The first-order chi connectivity index (χ1) is 14.9. The average molecular weight is 421 g/mol. The second kappa shape index (κ2) is 10.8. The molecule has 6 nitrogen and oxygen atoms in total. The summed E-state index contributed by atoms with van der Waals surface area (Å²) in [6, 6.07) is 18.6. The largest absolute Gasteiger partial charge is 0.443 e. The van der Waals surface area contributed by atoms with Gasteiger partial charge in [-0.15, -0.1) is 0 Å². The molecule has 0 unspecified atom stereocenters. The second-order valence-electron chi connectivity index (χ2n) is 8.44. The Kier molecular flexibility index (Phi) is 7.84. The zero-order chi connectivity index (χ0) is 22.1. The van der Waals surface area contributed by atoms with Gasteiger partial charge < -0.3 is 19.8 Å². The Labute approximate surface area is 184 Å². The maximum atomic E-state index is 5.81. The van der Waals surface area contributed by atoms with Crippen LogP contribution in [0.1, 0.15) is 49.1 Å². The summed E-state index contributed by atoms with van der Waals surface area (Å²) in [5.74, 6) is 2.22. The maximum absolute atomic E-state index is 5.81. The summed E-state index contributed by atoms with van der Waals surface area (Å²) >= 11 is 0. The number of hydrogen-bond acceptors (Lipinski definition) is 4. The lowest BCUT2D eigenvalue weighted by Crippen LogP contribution is -2.36. The van der Waals surface area contributed by atoms with Crippen LogP contribution in [0.25, 0.3) is 0 Å². The molecule has 0 aliphatic carbocycles. The number of nitrogens with one attached hydrogen (secondary N) is 2. The number of rotatable bonds is 8. The lowest BCUT2D eigenvalue weighted by molar-refractivity contribution is 0.107. The number of ether oxygens (including phenoxy) is 1. The number of oxazole rings is 1. The topological polar surface area (TPSA) is 71.7 Å². The fraction of sp³-hybridized carbons (Fsp3) is 0.360. The van der Waals surface area contributed by atoms with Gasteiger partial charge in [-0.25, -0.2) is 4.98 Å². The molecular weight excluding hydrogens is 388 g/mol. The van der Waals surface area contributed by atoms with Crippen LogP contribution in [0.3, 0.4) is 0 Å². The van der Waals surface area contributed by atoms with Crippen LogP contribution in [0.4, 0.5) is 0 Å². The van der Waals surface area contributed by atoms with E-state index in [4.69, 9.17) is 9.15 Å². The number of aliphatic imine (C=N–C) groups is 1. The number of benzene rings is 2. The molecule has 31 heavy (non-hydrogen) atoms. The highest BCUT2D eigenvalue weighted by Crippen LogP contribution is 2.22. The van der Waals surface area contributed by atoms with Crippen molar-refractivity contribution in [3.05, 3.63) is 89.1 Å². The van der Waals surface area contributed by atoms with E-state index >= 15 is 0 Å². The van der Waals surface area contributed by atoms with Gasteiger partial charge in [0.25, 0.3) is 0 Å². The Morgan fingerprint density at radius 2 is 1.52 bits per heavy atom. The molecule has 2 N–H and O–H groups in total. The molecule has 0 bridgehead atoms. The monoisotopic (exact) mass is 420 g/mol. The SMILES string of the molecule is CN=C(NCc1ccc(COCc2ccccc2)cc1)NCc1ncc(C(C)(C)C)o1. The first kappa shape index (κ1) is 22.6. The van der Waals surface area contributed by atoms with E-state index in [0.717, 1.165) is 11.3 Å². The zero-order valence-corrected chi connectivity index (χ0v) is 18.8. The van der Waals surface area contributed by atoms with E-state index in [9.17, 15) is 0 Å². The third kappa shape index (κ3) is 7.26. The molecule has 6 heteroatoms. The van der Waals surface area contributed by atoms with Crippen LogP contribution in [-0.4, -0.2) is 18.0 Å². The molecule has 0 saturated carbocycles. The van der Waals surface area contributed by atoms with Crippen LogP contribution in [0.2, 0.25) is 0 Å². The molecule has 2 aromatic carbocycles. The molecule has 0 amide bonds. The fourth-order valence-corrected chi connectivity index (χ4v) is 2.92. The molecule has 0 saturated heterocycles. The summed E-state index contributed by atoms with van der Waals surface area (Å²) in [6.45, 7) is 8.67. The van der Waals surface area contributed by atoms with Crippen molar-refractivity contribution in [2.75, 3.05) is 7.05 Å². The summed E-state index contributed by atoms with van der Waals surface area (Å²) < 4.78 is 11.6. The van der Waals surface area contributed by atoms with Gasteiger partial charge in [0.2, 0.25) is 5.89 Å². The van der Waals surface area contributed by atoms with Gasteiger partial charge in [-0.05, 0) is 16.7 Å². The summed E-state index contributed by atoms with van der Waals surface area (Å²) in [7, 11) is 1.75. The van der Waals surface area contributed by atoms with Gasteiger partial charge in [0.15, 0.2) is 5.96 Å². The van der Waals surface area contributed by atoms with Gasteiger partial charge in [-0.2, -0.15) is 0 Å². The highest BCUT2D eigenvalue weighted by Gasteiger charge is 2.19. The van der Waals surface area contributed by atoms with Gasteiger partial charge in [-0.1, -0.05) is 75.4 Å².